The van der Waals surface area contributed by atoms with Crippen LogP contribution in [0.4, 0.5) is 0 Å². The van der Waals surface area contributed by atoms with Crippen molar-refractivity contribution < 1.29 is 4.74 Å². The summed E-state index contributed by atoms with van der Waals surface area (Å²) in [4.78, 5) is 4.51. The van der Waals surface area contributed by atoms with Crippen LogP contribution in [0.5, 0.6) is 5.75 Å². The molecule has 2 aliphatic heterocycles. The number of ether oxygens (including phenoxy) is 1. The van der Waals surface area contributed by atoms with Crippen molar-refractivity contribution in [3.63, 3.8) is 0 Å². The Labute approximate surface area is 99.6 Å². The SMILES string of the molecule is C1=CC2=NC=CCC23C(=C1)Oc1ccccc13. The highest BCUT2D eigenvalue weighted by molar-refractivity contribution is 6.09. The molecular weight excluding hydrogens is 210 g/mol. The minimum absolute atomic E-state index is 0.167. The summed E-state index contributed by atoms with van der Waals surface area (Å²) in [5.74, 6) is 1.97. The first-order valence-electron chi connectivity index (χ1n) is 5.81. The van der Waals surface area contributed by atoms with E-state index in [4.69, 9.17) is 4.74 Å². The van der Waals surface area contributed by atoms with Crippen LogP contribution in [-0.4, -0.2) is 5.71 Å². The van der Waals surface area contributed by atoms with Gasteiger partial charge >= 0.3 is 0 Å². The standard InChI is InChI=1S/C15H11NO/c1-2-6-12-11(5-1)15-9-4-10-16-13(15)7-3-8-14(15)17-12/h1-8,10H,9H2. The fourth-order valence-corrected chi connectivity index (χ4v) is 2.89. The van der Waals surface area contributed by atoms with E-state index in [1.807, 2.05) is 24.4 Å². The van der Waals surface area contributed by atoms with Gasteiger partial charge in [0.05, 0.1) is 5.71 Å². The lowest BCUT2D eigenvalue weighted by atomic mass is 9.70. The van der Waals surface area contributed by atoms with E-state index in [-0.39, 0.29) is 5.41 Å². The van der Waals surface area contributed by atoms with Crippen molar-refractivity contribution in [1.29, 1.82) is 0 Å². The summed E-state index contributed by atoms with van der Waals surface area (Å²) < 4.78 is 5.97. The molecule has 0 saturated carbocycles. The van der Waals surface area contributed by atoms with E-state index in [9.17, 15) is 0 Å². The topological polar surface area (TPSA) is 21.6 Å². The number of hydrogen-bond donors (Lipinski definition) is 0. The van der Waals surface area contributed by atoms with Crippen molar-refractivity contribution in [2.24, 2.45) is 4.99 Å². The second-order valence-electron chi connectivity index (χ2n) is 4.50. The molecule has 0 N–H and O–H groups in total. The van der Waals surface area contributed by atoms with Crippen LogP contribution in [-0.2, 0) is 5.41 Å². The van der Waals surface area contributed by atoms with Crippen LogP contribution in [0.3, 0.4) is 0 Å². The lowest BCUT2D eigenvalue weighted by Gasteiger charge is -2.32. The number of fused-ring (bicyclic) bond motifs is 1. The number of benzene rings is 1. The van der Waals surface area contributed by atoms with Crippen LogP contribution in [0.25, 0.3) is 0 Å². The summed E-state index contributed by atoms with van der Waals surface area (Å²) in [6.45, 7) is 0. The highest BCUT2D eigenvalue weighted by Gasteiger charge is 2.49. The molecule has 0 saturated heterocycles. The number of allylic oxidation sites excluding steroid dienone is 5. The molecule has 0 radical (unpaired) electrons. The molecule has 82 valence electrons. The van der Waals surface area contributed by atoms with Gasteiger partial charge in [-0.2, -0.15) is 0 Å². The fourth-order valence-electron chi connectivity index (χ4n) is 2.89. The monoisotopic (exact) mass is 221 g/mol. The Morgan fingerprint density at radius 2 is 2.18 bits per heavy atom. The Balaban J connectivity index is 2.05. The zero-order valence-electron chi connectivity index (χ0n) is 9.26. The van der Waals surface area contributed by atoms with E-state index in [0.717, 1.165) is 23.6 Å². The van der Waals surface area contributed by atoms with Gasteiger partial charge in [-0.3, -0.25) is 4.99 Å². The van der Waals surface area contributed by atoms with E-state index in [2.05, 4.69) is 35.4 Å². The van der Waals surface area contributed by atoms with Gasteiger partial charge in [0.25, 0.3) is 0 Å². The zero-order valence-corrected chi connectivity index (χ0v) is 9.26. The highest BCUT2D eigenvalue weighted by Crippen LogP contribution is 2.51. The Bertz CT molecular complexity index is 622. The Hall–Kier alpha value is -2.09. The molecule has 1 unspecified atom stereocenters. The average Bonchev–Trinajstić information content (AvgIpc) is 2.71. The molecule has 2 heterocycles. The van der Waals surface area contributed by atoms with Crippen molar-refractivity contribution in [3.05, 3.63) is 66.1 Å². The van der Waals surface area contributed by atoms with Gasteiger partial charge in [0.2, 0.25) is 0 Å². The largest absolute Gasteiger partial charge is 0.460 e. The molecule has 1 aliphatic carbocycles. The van der Waals surface area contributed by atoms with Crippen molar-refractivity contribution in [3.8, 4) is 5.75 Å². The quantitative estimate of drug-likeness (QED) is 0.659. The first-order valence-corrected chi connectivity index (χ1v) is 5.81. The van der Waals surface area contributed by atoms with Gasteiger partial charge in [-0.05, 0) is 24.6 Å². The number of aliphatic imine (C=N–C) groups is 1. The third-order valence-electron chi connectivity index (χ3n) is 3.67. The van der Waals surface area contributed by atoms with Gasteiger partial charge in [-0.25, -0.2) is 0 Å². The first kappa shape index (κ1) is 8.99. The Kier molecular flexibility index (Phi) is 1.57. The van der Waals surface area contributed by atoms with Crippen molar-refractivity contribution in [2.75, 3.05) is 0 Å². The molecule has 0 fully saturated rings. The van der Waals surface area contributed by atoms with Gasteiger partial charge in [0.15, 0.2) is 0 Å². The molecule has 0 amide bonds. The van der Waals surface area contributed by atoms with Gasteiger partial charge in [0, 0.05) is 11.8 Å². The van der Waals surface area contributed by atoms with Crippen LogP contribution in [0.1, 0.15) is 12.0 Å². The third-order valence-corrected chi connectivity index (χ3v) is 3.67. The molecular formula is C15H11NO. The Morgan fingerprint density at radius 3 is 3.18 bits per heavy atom. The van der Waals surface area contributed by atoms with Crippen LogP contribution in [0.15, 0.2) is 65.5 Å². The first-order chi connectivity index (χ1) is 8.41. The van der Waals surface area contributed by atoms with E-state index in [1.165, 1.54) is 5.56 Å². The van der Waals surface area contributed by atoms with Crippen molar-refractivity contribution >= 4 is 5.71 Å². The van der Waals surface area contributed by atoms with Crippen LogP contribution in [0, 0.1) is 0 Å². The second kappa shape index (κ2) is 2.98. The molecule has 1 spiro atoms. The van der Waals surface area contributed by atoms with Gasteiger partial charge < -0.3 is 4.74 Å². The summed E-state index contributed by atoms with van der Waals surface area (Å²) in [5, 5.41) is 0. The van der Waals surface area contributed by atoms with Crippen LogP contribution >= 0.6 is 0 Å². The van der Waals surface area contributed by atoms with Crippen molar-refractivity contribution in [2.45, 2.75) is 11.8 Å². The molecule has 4 rings (SSSR count). The van der Waals surface area contributed by atoms with Crippen LogP contribution in [0.2, 0.25) is 0 Å². The molecule has 0 aromatic heterocycles. The summed E-state index contributed by atoms with van der Waals surface area (Å²) in [6.07, 6.45) is 11.1. The highest BCUT2D eigenvalue weighted by atomic mass is 16.5. The molecule has 1 aromatic carbocycles. The fraction of sp³-hybridized carbons (Fsp3) is 0.133. The maximum absolute atomic E-state index is 5.97. The Morgan fingerprint density at radius 1 is 1.24 bits per heavy atom. The molecule has 2 heteroatoms. The maximum Gasteiger partial charge on any atom is 0.131 e. The van der Waals surface area contributed by atoms with Gasteiger partial charge in [-0.15, -0.1) is 0 Å². The lowest BCUT2D eigenvalue weighted by Crippen LogP contribution is -2.37. The molecule has 1 aromatic rings. The summed E-state index contributed by atoms with van der Waals surface area (Å²) >= 11 is 0. The van der Waals surface area contributed by atoms with E-state index < -0.39 is 0 Å². The van der Waals surface area contributed by atoms with E-state index in [1.54, 1.807) is 0 Å². The van der Waals surface area contributed by atoms with Gasteiger partial charge in [-0.1, -0.05) is 30.4 Å². The molecule has 1 atom stereocenters. The summed E-state index contributed by atoms with van der Waals surface area (Å²) in [7, 11) is 0. The van der Waals surface area contributed by atoms with E-state index in [0.29, 0.717) is 0 Å². The summed E-state index contributed by atoms with van der Waals surface area (Å²) in [5.41, 5.74) is 2.15. The number of hydrogen-bond acceptors (Lipinski definition) is 2. The predicted octanol–water partition coefficient (Wildman–Crippen LogP) is 3.13. The van der Waals surface area contributed by atoms with Crippen LogP contribution < -0.4 is 4.74 Å². The van der Waals surface area contributed by atoms with E-state index >= 15 is 0 Å². The minimum Gasteiger partial charge on any atom is -0.460 e. The molecule has 0 bridgehead atoms. The smallest absolute Gasteiger partial charge is 0.131 e. The second-order valence-corrected chi connectivity index (χ2v) is 4.50. The predicted molar refractivity (Wildman–Crippen MR) is 67.2 cm³/mol. The van der Waals surface area contributed by atoms with Crippen molar-refractivity contribution in [1.82, 2.24) is 0 Å². The maximum atomic E-state index is 5.97. The summed E-state index contributed by atoms with van der Waals surface area (Å²) in [6, 6.07) is 8.24. The minimum atomic E-state index is -0.167. The zero-order chi connectivity index (χ0) is 11.3. The average molecular weight is 221 g/mol. The third kappa shape index (κ3) is 0.978. The normalized spacial score (nSPS) is 27.5. The number of rotatable bonds is 0. The van der Waals surface area contributed by atoms with Gasteiger partial charge in [0.1, 0.15) is 16.9 Å². The molecule has 3 aliphatic rings. The lowest BCUT2D eigenvalue weighted by molar-refractivity contribution is 0.406. The molecule has 17 heavy (non-hydrogen) atoms. The number of nitrogens with zero attached hydrogens (tertiary/aromatic N) is 1. The number of para-hydroxylation sites is 1. The molecule has 2 nitrogen and oxygen atoms in total.